The summed E-state index contributed by atoms with van der Waals surface area (Å²) in [5, 5.41) is 20.8. The van der Waals surface area contributed by atoms with Gasteiger partial charge in [-0.1, -0.05) is 44.0 Å². The van der Waals surface area contributed by atoms with Crippen molar-refractivity contribution in [3.8, 4) is 5.69 Å². The quantitative estimate of drug-likeness (QED) is 0.921. The number of rotatable bonds is 2. The van der Waals surface area contributed by atoms with Crippen molar-refractivity contribution in [1.82, 2.24) is 20.2 Å². The first-order valence-electron chi connectivity index (χ1n) is 5.73. The van der Waals surface area contributed by atoms with Gasteiger partial charge in [-0.05, 0) is 22.6 Å². The average molecular weight is 315 g/mol. The molecule has 0 fully saturated rings. The molecule has 0 radical (unpaired) electrons. The highest BCUT2D eigenvalue weighted by Crippen LogP contribution is 2.32. The van der Waals surface area contributed by atoms with Crippen molar-refractivity contribution in [3.63, 3.8) is 0 Å². The smallest absolute Gasteiger partial charge is 0.335 e. The van der Waals surface area contributed by atoms with Gasteiger partial charge in [0.15, 0.2) is 5.82 Å². The van der Waals surface area contributed by atoms with Crippen LogP contribution in [-0.4, -0.2) is 31.3 Å². The van der Waals surface area contributed by atoms with Crippen LogP contribution in [-0.2, 0) is 5.41 Å². The second-order valence-corrected chi connectivity index (χ2v) is 6.07. The Hall–Kier alpha value is -1.66. The van der Waals surface area contributed by atoms with Gasteiger partial charge in [-0.15, -0.1) is 5.10 Å². The third-order valence-electron chi connectivity index (χ3n) is 2.62. The number of halogens is 2. The molecule has 8 heteroatoms. The van der Waals surface area contributed by atoms with E-state index in [0.717, 1.165) is 0 Å². The average Bonchev–Trinajstić information content (AvgIpc) is 2.76. The monoisotopic (exact) mass is 314 g/mol. The van der Waals surface area contributed by atoms with E-state index < -0.39 is 5.97 Å². The fourth-order valence-corrected chi connectivity index (χ4v) is 2.34. The van der Waals surface area contributed by atoms with Gasteiger partial charge in [-0.3, -0.25) is 0 Å². The van der Waals surface area contributed by atoms with Crippen LogP contribution in [0.4, 0.5) is 0 Å². The summed E-state index contributed by atoms with van der Waals surface area (Å²) in [6.45, 7) is 5.84. The summed E-state index contributed by atoms with van der Waals surface area (Å²) in [6, 6.07) is 2.64. The van der Waals surface area contributed by atoms with E-state index in [-0.39, 0.29) is 21.0 Å². The Bertz CT molecular complexity index is 653. The van der Waals surface area contributed by atoms with Crippen LogP contribution in [0.25, 0.3) is 5.69 Å². The largest absolute Gasteiger partial charge is 0.478 e. The molecule has 1 N–H and O–H groups in total. The zero-order chi connectivity index (χ0) is 15.1. The number of aromatic nitrogens is 4. The molecule has 0 atom stereocenters. The Morgan fingerprint density at radius 3 is 2.25 bits per heavy atom. The highest BCUT2D eigenvalue weighted by atomic mass is 35.5. The van der Waals surface area contributed by atoms with E-state index in [1.54, 1.807) is 0 Å². The van der Waals surface area contributed by atoms with Gasteiger partial charge in [-0.2, -0.15) is 4.68 Å². The first-order valence-corrected chi connectivity index (χ1v) is 6.49. The van der Waals surface area contributed by atoms with Gasteiger partial charge in [0.1, 0.15) is 5.69 Å². The fraction of sp³-hybridized carbons (Fsp3) is 0.333. The summed E-state index contributed by atoms with van der Waals surface area (Å²) in [5.41, 5.74) is 0.0594. The Kier molecular flexibility index (Phi) is 3.71. The van der Waals surface area contributed by atoms with Crippen LogP contribution in [0.2, 0.25) is 10.0 Å². The Morgan fingerprint density at radius 1 is 1.25 bits per heavy atom. The molecule has 106 valence electrons. The lowest BCUT2D eigenvalue weighted by atomic mass is 9.95. The zero-order valence-electron chi connectivity index (χ0n) is 11.1. The second-order valence-electron chi connectivity index (χ2n) is 5.26. The molecular weight excluding hydrogens is 303 g/mol. The predicted molar refractivity (Wildman–Crippen MR) is 74.8 cm³/mol. The van der Waals surface area contributed by atoms with Crippen molar-refractivity contribution in [1.29, 1.82) is 0 Å². The molecule has 0 amide bonds. The standard InChI is InChI=1S/C12H12Cl2N4O2/c1-12(2,3)11-15-16-17-18(11)9-7(13)4-6(10(19)20)5-8(9)14/h4-5H,1-3H3,(H,19,20). The van der Waals surface area contributed by atoms with E-state index in [4.69, 9.17) is 28.3 Å². The van der Waals surface area contributed by atoms with Crippen molar-refractivity contribution < 1.29 is 9.90 Å². The number of hydrogen-bond donors (Lipinski definition) is 1. The van der Waals surface area contributed by atoms with Crippen molar-refractivity contribution >= 4 is 29.2 Å². The van der Waals surface area contributed by atoms with E-state index in [1.807, 2.05) is 20.8 Å². The number of carbonyl (C=O) groups is 1. The molecule has 1 aromatic heterocycles. The van der Waals surface area contributed by atoms with Crippen LogP contribution >= 0.6 is 23.2 Å². The normalized spacial score (nSPS) is 11.7. The Labute approximate surface area is 125 Å². The predicted octanol–water partition coefficient (Wildman–Crippen LogP) is 2.96. The number of carboxylic acids is 1. The number of tetrazole rings is 1. The number of aromatic carboxylic acids is 1. The van der Waals surface area contributed by atoms with E-state index in [0.29, 0.717) is 11.5 Å². The highest BCUT2D eigenvalue weighted by molar-refractivity contribution is 6.38. The topological polar surface area (TPSA) is 80.9 Å². The molecule has 2 rings (SSSR count). The molecule has 20 heavy (non-hydrogen) atoms. The summed E-state index contributed by atoms with van der Waals surface area (Å²) < 4.78 is 1.43. The molecule has 0 aliphatic heterocycles. The van der Waals surface area contributed by atoms with E-state index in [2.05, 4.69) is 15.5 Å². The number of benzene rings is 1. The second kappa shape index (κ2) is 5.03. The third kappa shape index (κ3) is 2.62. The van der Waals surface area contributed by atoms with Crippen LogP contribution in [0.1, 0.15) is 37.0 Å². The van der Waals surface area contributed by atoms with Gasteiger partial charge < -0.3 is 5.11 Å². The van der Waals surface area contributed by atoms with Crippen LogP contribution in [0.5, 0.6) is 0 Å². The van der Waals surface area contributed by atoms with Gasteiger partial charge >= 0.3 is 5.97 Å². The van der Waals surface area contributed by atoms with Crippen molar-refractivity contribution in [3.05, 3.63) is 33.6 Å². The highest BCUT2D eigenvalue weighted by Gasteiger charge is 2.25. The van der Waals surface area contributed by atoms with Crippen LogP contribution in [0.15, 0.2) is 12.1 Å². The minimum Gasteiger partial charge on any atom is -0.478 e. The maximum atomic E-state index is 11.0. The Balaban J connectivity index is 2.66. The Morgan fingerprint density at radius 2 is 1.80 bits per heavy atom. The molecular formula is C12H12Cl2N4O2. The van der Waals surface area contributed by atoms with Gasteiger partial charge in [0, 0.05) is 5.41 Å². The molecule has 0 aliphatic rings. The molecule has 0 spiro atoms. The van der Waals surface area contributed by atoms with Crippen LogP contribution < -0.4 is 0 Å². The minimum atomic E-state index is -1.10. The summed E-state index contributed by atoms with van der Waals surface area (Å²) in [4.78, 5) is 11.0. The van der Waals surface area contributed by atoms with E-state index >= 15 is 0 Å². The molecule has 0 unspecified atom stereocenters. The first-order chi connectivity index (χ1) is 9.21. The number of nitrogens with zero attached hydrogens (tertiary/aromatic N) is 4. The minimum absolute atomic E-state index is 0.00846. The molecule has 0 bridgehead atoms. The number of hydrogen-bond acceptors (Lipinski definition) is 4. The lowest BCUT2D eigenvalue weighted by Gasteiger charge is -2.18. The molecule has 0 aliphatic carbocycles. The van der Waals surface area contributed by atoms with Crippen LogP contribution in [0, 0.1) is 0 Å². The van der Waals surface area contributed by atoms with Gasteiger partial charge in [0.2, 0.25) is 0 Å². The SMILES string of the molecule is CC(C)(C)c1nnnn1-c1c(Cl)cc(C(=O)O)cc1Cl. The molecule has 0 saturated carbocycles. The van der Waals surface area contributed by atoms with Crippen molar-refractivity contribution in [2.24, 2.45) is 0 Å². The summed E-state index contributed by atoms with van der Waals surface area (Å²) >= 11 is 12.3. The fourth-order valence-electron chi connectivity index (χ4n) is 1.70. The van der Waals surface area contributed by atoms with Gasteiger partial charge in [0.25, 0.3) is 0 Å². The third-order valence-corrected chi connectivity index (χ3v) is 3.19. The maximum Gasteiger partial charge on any atom is 0.335 e. The summed E-state index contributed by atoms with van der Waals surface area (Å²) in [7, 11) is 0. The van der Waals surface area contributed by atoms with E-state index in [9.17, 15) is 4.79 Å². The molecule has 1 heterocycles. The lowest BCUT2D eigenvalue weighted by molar-refractivity contribution is 0.0697. The molecule has 1 aromatic carbocycles. The van der Waals surface area contributed by atoms with E-state index in [1.165, 1.54) is 16.8 Å². The van der Waals surface area contributed by atoms with Crippen molar-refractivity contribution in [2.45, 2.75) is 26.2 Å². The van der Waals surface area contributed by atoms with Crippen molar-refractivity contribution in [2.75, 3.05) is 0 Å². The maximum absolute atomic E-state index is 11.0. The van der Waals surface area contributed by atoms with Gasteiger partial charge in [-0.25, -0.2) is 4.79 Å². The summed E-state index contributed by atoms with van der Waals surface area (Å²) in [6.07, 6.45) is 0. The summed E-state index contributed by atoms with van der Waals surface area (Å²) in [5.74, 6) is -0.530. The first kappa shape index (κ1) is 14.7. The van der Waals surface area contributed by atoms with Gasteiger partial charge in [0.05, 0.1) is 15.6 Å². The zero-order valence-corrected chi connectivity index (χ0v) is 12.6. The molecule has 0 saturated heterocycles. The molecule has 6 nitrogen and oxygen atoms in total. The lowest BCUT2D eigenvalue weighted by Crippen LogP contribution is -2.19. The van der Waals surface area contributed by atoms with Crippen LogP contribution in [0.3, 0.4) is 0 Å². The molecule has 2 aromatic rings. The number of carboxylic acid groups (broad SMARTS) is 1.